The number of amides is 1. The zero-order chi connectivity index (χ0) is 22.5. The molecule has 4 N–H and O–H groups in total. The maximum atomic E-state index is 12.9. The lowest BCUT2D eigenvalue weighted by Gasteiger charge is -2.16. The first-order chi connectivity index (χ1) is 15.5. The van der Waals surface area contributed by atoms with Crippen LogP contribution in [0.5, 0.6) is 5.88 Å². The fraction of sp³-hybridized carbons (Fsp3) is 0.174. The van der Waals surface area contributed by atoms with E-state index in [-0.39, 0.29) is 17.1 Å². The first-order valence-electron chi connectivity index (χ1n) is 10.1. The summed E-state index contributed by atoms with van der Waals surface area (Å²) < 4.78 is 10.9. The van der Waals surface area contributed by atoms with Crippen LogP contribution < -0.4 is 21.1 Å². The highest BCUT2D eigenvalue weighted by Gasteiger charge is 2.21. The number of rotatable bonds is 7. The van der Waals surface area contributed by atoms with Crippen LogP contribution in [0.3, 0.4) is 0 Å². The molecule has 3 aromatic rings. The lowest BCUT2D eigenvalue weighted by molar-refractivity contribution is 0.0963. The fourth-order valence-electron chi connectivity index (χ4n) is 3.23. The summed E-state index contributed by atoms with van der Waals surface area (Å²) in [5.41, 5.74) is 8.86. The summed E-state index contributed by atoms with van der Waals surface area (Å²) in [6.45, 7) is 2.14. The van der Waals surface area contributed by atoms with Gasteiger partial charge in [-0.2, -0.15) is 4.98 Å². The highest BCUT2D eigenvalue weighted by molar-refractivity contribution is 6.30. The minimum absolute atomic E-state index is 0.141. The van der Waals surface area contributed by atoms with Gasteiger partial charge in [0.1, 0.15) is 11.4 Å². The molecule has 0 spiro atoms. The van der Waals surface area contributed by atoms with Gasteiger partial charge in [0.2, 0.25) is 5.88 Å². The van der Waals surface area contributed by atoms with Gasteiger partial charge in [-0.15, -0.1) is 0 Å². The van der Waals surface area contributed by atoms with Gasteiger partial charge < -0.3 is 25.5 Å². The Hall–Kier alpha value is -3.78. The predicted octanol–water partition coefficient (Wildman–Crippen LogP) is 4.99. The Morgan fingerprint density at radius 2 is 2.12 bits per heavy atom. The predicted molar refractivity (Wildman–Crippen MR) is 124 cm³/mol. The third kappa shape index (κ3) is 4.76. The number of nitrogens with zero attached hydrogens (tertiary/aromatic N) is 2. The van der Waals surface area contributed by atoms with Gasteiger partial charge in [-0.05, 0) is 50.1 Å². The van der Waals surface area contributed by atoms with Crippen LogP contribution in [0.2, 0.25) is 0 Å². The van der Waals surface area contributed by atoms with Gasteiger partial charge in [0.25, 0.3) is 5.91 Å². The molecule has 1 amide bonds. The monoisotopic (exact) mass is 451 g/mol. The molecule has 0 bridgehead atoms. The van der Waals surface area contributed by atoms with Crippen molar-refractivity contribution in [1.82, 2.24) is 15.3 Å². The standard InChI is InChI=1S/C23H22ClN5O3/c1-2-31-23-21(22(30)28-18-6-4-3-5-16(18)24)17(25)11-20(29-23)27-15-9-7-14(8-10-15)19-12-26-13-32-19/h4,6-13H,2-3,5H2,1H3,(H,28,30)(H3,25,27,29). The molecular weight excluding hydrogens is 430 g/mol. The van der Waals surface area contributed by atoms with E-state index in [0.717, 1.165) is 17.7 Å². The van der Waals surface area contributed by atoms with Crippen LogP contribution in [-0.2, 0) is 0 Å². The van der Waals surface area contributed by atoms with Gasteiger partial charge in [0.15, 0.2) is 12.2 Å². The SMILES string of the molecule is CCOc1nc(Nc2ccc(-c3cnco3)cc2)cc(N)c1C(=O)NC1=C(Cl)CCC=C1. The summed E-state index contributed by atoms with van der Waals surface area (Å²) in [6, 6.07) is 9.13. The number of pyridine rings is 1. The number of anilines is 3. The van der Waals surface area contributed by atoms with Crippen LogP contribution in [0.15, 0.2) is 70.2 Å². The van der Waals surface area contributed by atoms with Crippen LogP contribution in [0.1, 0.15) is 30.1 Å². The number of halogens is 1. The van der Waals surface area contributed by atoms with E-state index in [1.807, 2.05) is 37.3 Å². The zero-order valence-electron chi connectivity index (χ0n) is 17.4. The molecule has 0 aliphatic heterocycles. The molecule has 2 aromatic heterocycles. The summed E-state index contributed by atoms with van der Waals surface area (Å²) in [5, 5.41) is 6.58. The summed E-state index contributed by atoms with van der Waals surface area (Å²) in [4.78, 5) is 21.3. The number of ether oxygens (including phenoxy) is 1. The van der Waals surface area contributed by atoms with Crippen molar-refractivity contribution < 1.29 is 13.9 Å². The topological polar surface area (TPSA) is 115 Å². The average Bonchev–Trinajstić information content (AvgIpc) is 3.31. The summed E-state index contributed by atoms with van der Waals surface area (Å²) in [5.74, 6) is 0.837. The van der Waals surface area contributed by atoms with E-state index in [9.17, 15) is 4.79 Å². The van der Waals surface area contributed by atoms with Crippen molar-refractivity contribution in [3.05, 3.63) is 71.4 Å². The van der Waals surface area contributed by atoms with Gasteiger partial charge in [-0.25, -0.2) is 4.98 Å². The van der Waals surface area contributed by atoms with Gasteiger partial charge in [0, 0.05) is 22.3 Å². The van der Waals surface area contributed by atoms with Crippen molar-refractivity contribution in [3.63, 3.8) is 0 Å². The lowest BCUT2D eigenvalue weighted by Crippen LogP contribution is -2.25. The second kappa shape index (κ2) is 9.57. The molecular formula is C23H22ClN5O3. The van der Waals surface area contributed by atoms with Crippen LogP contribution in [-0.4, -0.2) is 22.5 Å². The molecule has 32 heavy (non-hydrogen) atoms. The Morgan fingerprint density at radius 3 is 2.81 bits per heavy atom. The van der Waals surface area contributed by atoms with Crippen LogP contribution >= 0.6 is 11.6 Å². The van der Waals surface area contributed by atoms with Crippen molar-refractivity contribution >= 4 is 34.7 Å². The molecule has 8 nitrogen and oxygen atoms in total. The molecule has 4 rings (SSSR count). The van der Waals surface area contributed by atoms with Crippen LogP contribution in [0.4, 0.5) is 17.2 Å². The first kappa shape index (κ1) is 21.5. The molecule has 1 aliphatic carbocycles. The smallest absolute Gasteiger partial charge is 0.263 e. The Bertz CT molecular complexity index is 1170. The molecule has 0 unspecified atom stereocenters. The first-order valence-corrected chi connectivity index (χ1v) is 10.5. The van der Waals surface area contributed by atoms with E-state index in [2.05, 4.69) is 20.6 Å². The van der Waals surface area contributed by atoms with Crippen molar-refractivity contribution in [2.75, 3.05) is 17.7 Å². The lowest BCUT2D eigenvalue weighted by atomic mass is 10.1. The number of carbonyl (C=O) groups excluding carboxylic acids is 1. The number of benzene rings is 1. The van der Waals surface area contributed by atoms with Crippen molar-refractivity contribution in [2.24, 2.45) is 0 Å². The maximum Gasteiger partial charge on any atom is 0.263 e. The number of aromatic nitrogens is 2. The van der Waals surface area contributed by atoms with Crippen molar-refractivity contribution in [2.45, 2.75) is 19.8 Å². The molecule has 0 atom stereocenters. The normalized spacial score (nSPS) is 13.2. The summed E-state index contributed by atoms with van der Waals surface area (Å²) >= 11 is 6.23. The molecule has 1 aromatic carbocycles. The van der Waals surface area contributed by atoms with E-state index >= 15 is 0 Å². The number of allylic oxidation sites excluding steroid dienone is 3. The number of nitrogens with one attached hydrogen (secondary N) is 2. The molecule has 0 saturated carbocycles. The Labute approximate surface area is 190 Å². The van der Waals surface area contributed by atoms with Gasteiger partial charge in [-0.1, -0.05) is 17.7 Å². The second-order valence-electron chi connectivity index (χ2n) is 6.99. The Morgan fingerprint density at radius 1 is 1.31 bits per heavy atom. The Kier molecular flexibility index (Phi) is 6.42. The Balaban J connectivity index is 1.57. The van der Waals surface area contributed by atoms with Crippen molar-refractivity contribution in [1.29, 1.82) is 0 Å². The maximum absolute atomic E-state index is 12.9. The molecule has 1 aliphatic rings. The highest BCUT2D eigenvalue weighted by Crippen LogP contribution is 2.29. The quantitative estimate of drug-likeness (QED) is 0.463. The number of hydrogen-bond acceptors (Lipinski definition) is 7. The highest BCUT2D eigenvalue weighted by atomic mass is 35.5. The van der Waals surface area contributed by atoms with E-state index in [4.69, 9.17) is 26.5 Å². The van der Waals surface area contributed by atoms with E-state index in [1.54, 1.807) is 18.3 Å². The minimum Gasteiger partial charge on any atom is -0.477 e. The largest absolute Gasteiger partial charge is 0.477 e. The zero-order valence-corrected chi connectivity index (χ0v) is 18.1. The van der Waals surface area contributed by atoms with Gasteiger partial charge >= 0.3 is 0 Å². The van der Waals surface area contributed by atoms with Crippen LogP contribution in [0.25, 0.3) is 11.3 Å². The second-order valence-corrected chi connectivity index (χ2v) is 7.45. The minimum atomic E-state index is -0.430. The number of carbonyl (C=O) groups is 1. The molecule has 0 fully saturated rings. The summed E-state index contributed by atoms with van der Waals surface area (Å²) in [6.07, 6.45) is 8.29. The van der Waals surface area contributed by atoms with E-state index < -0.39 is 5.91 Å². The molecule has 2 heterocycles. The van der Waals surface area contributed by atoms with Gasteiger partial charge in [-0.3, -0.25) is 4.79 Å². The van der Waals surface area contributed by atoms with E-state index in [0.29, 0.717) is 35.3 Å². The van der Waals surface area contributed by atoms with Crippen molar-refractivity contribution in [3.8, 4) is 17.2 Å². The molecule has 9 heteroatoms. The number of oxazole rings is 1. The molecule has 0 radical (unpaired) electrons. The third-order valence-corrected chi connectivity index (χ3v) is 5.15. The number of nitrogens with two attached hydrogens (primary N) is 1. The van der Waals surface area contributed by atoms with E-state index in [1.165, 1.54) is 6.39 Å². The molecule has 0 saturated heterocycles. The van der Waals surface area contributed by atoms with Crippen LogP contribution in [0, 0.1) is 0 Å². The third-order valence-electron chi connectivity index (χ3n) is 4.75. The summed E-state index contributed by atoms with van der Waals surface area (Å²) in [7, 11) is 0. The molecule has 164 valence electrons. The number of nitrogen functional groups attached to an aromatic ring is 1. The fourth-order valence-corrected chi connectivity index (χ4v) is 3.45. The van der Waals surface area contributed by atoms with Gasteiger partial charge in [0.05, 0.1) is 24.2 Å². The number of hydrogen-bond donors (Lipinski definition) is 3. The average molecular weight is 452 g/mol.